The standard InChI is InChI=1S/C30H21Cl2NO8/c31-25-11-8-18(12-26(25)32)16-33(15-17-6-9-20(10-7-17)41-19-4-2-1-3-5-19)27(34)21-13-23(29(37)38)24(30(39)40)14-22(21)28(35)36/h1-14H,15-16H2,(H,35,36)(H,37,38)(H,39,40). The first kappa shape index (κ1) is 29.1. The molecule has 0 aromatic heterocycles. The predicted octanol–water partition coefficient (Wildman–Crippen LogP) is 6.72. The average molecular weight is 594 g/mol. The second-order valence-corrected chi connectivity index (χ2v) is 9.64. The third-order valence-electron chi connectivity index (χ3n) is 6.00. The maximum absolute atomic E-state index is 13.8. The lowest BCUT2D eigenvalue weighted by molar-refractivity contribution is 0.0643. The van der Waals surface area contributed by atoms with E-state index >= 15 is 0 Å². The summed E-state index contributed by atoms with van der Waals surface area (Å²) in [7, 11) is 0. The van der Waals surface area contributed by atoms with Gasteiger partial charge in [0.25, 0.3) is 5.91 Å². The Morgan fingerprint density at radius 2 is 1.07 bits per heavy atom. The van der Waals surface area contributed by atoms with Gasteiger partial charge in [0.15, 0.2) is 0 Å². The number of aromatic carboxylic acids is 3. The Kier molecular flexibility index (Phi) is 8.91. The quantitative estimate of drug-likeness (QED) is 0.184. The van der Waals surface area contributed by atoms with E-state index in [4.69, 9.17) is 27.9 Å². The molecule has 0 aliphatic carbocycles. The summed E-state index contributed by atoms with van der Waals surface area (Å²) in [4.78, 5) is 50.6. The number of carboxylic acid groups (broad SMARTS) is 3. The molecule has 0 saturated carbocycles. The van der Waals surface area contributed by atoms with Gasteiger partial charge in [0.1, 0.15) is 11.5 Å². The lowest BCUT2D eigenvalue weighted by Gasteiger charge is -2.25. The highest BCUT2D eigenvalue weighted by Gasteiger charge is 2.28. The van der Waals surface area contributed by atoms with Crippen LogP contribution in [0.5, 0.6) is 11.5 Å². The van der Waals surface area contributed by atoms with Crippen LogP contribution in [0.15, 0.2) is 84.9 Å². The lowest BCUT2D eigenvalue weighted by Crippen LogP contribution is -2.32. The van der Waals surface area contributed by atoms with Gasteiger partial charge in [0, 0.05) is 13.1 Å². The van der Waals surface area contributed by atoms with Crippen LogP contribution in [0.4, 0.5) is 0 Å². The average Bonchev–Trinajstić information content (AvgIpc) is 2.95. The minimum atomic E-state index is -1.64. The van der Waals surface area contributed by atoms with Crippen molar-refractivity contribution in [3.8, 4) is 11.5 Å². The van der Waals surface area contributed by atoms with Crippen LogP contribution in [0.1, 0.15) is 52.6 Å². The summed E-state index contributed by atoms with van der Waals surface area (Å²) < 4.78 is 5.81. The van der Waals surface area contributed by atoms with Crippen LogP contribution in [0, 0.1) is 0 Å². The molecule has 0 bridgehead atoms. The van der Waals surface area contributed by atoms with Gasteiger partial charge in [-0.15, -0.1) is 0 Å². The van der Waals surface area contributed by atoms with Crippen LogP contribution in [0.3, 0.4) is 0 Å². The second-order valence-electron chi connectivity index (χ2n) is 8.83. The number of halogens is 2. The molecule has 1 amide bonds. The fourth-order valence-electron chi connectivity index (χ4n) is 4.04. The topological polar surface area (TPSA) is 141 Å². The zero-order valence-corrected chi connectivity index (χ0v) is 22.6. The molecular weight excluding hydrogens is 573 g/mol. The van der Waals surface area contributed by atoms with Crippen LogP contribution in [0.2, 0.25) is 10.0 Å². The molecule has 0 atom stereocenters. The Labute approximate surface area is 243 Å². The molecule has 4 rings (SSSR count). The SMILES string of the molecule is O=C(O)c1cc(C(=O)O)c(C(=O)N(Cc2ccc(Oc3ccccc3)cc2)Cc2ccc(Cl)c(Cl)c2)cc1C(=O)O. The maximum Gasteiger partial charge on any atom is 0.336 e. The third-order valence-corrected chi connectivity index (χ3v) is 6.74. The van der Waals surface area contributed by atoms with Gasteiger partial charge in [0.05, 0.1) is 32.3 Å². The largest absolute Gasteiger partial charge is 0.478 e. The molecule has 4 aromatic carbocycles. The lowest BCUT2D eigenvalue weighted by atomic mass is 9.96. The van der Waals surface area contributed by atoms with E-state index in [0.717, 1.165) is 6.07 Å². The van der Waals surface area contributed by atoms with Crippen molar-refractivity contribution >= 4 is 47.0 Å². The molecule has 0 fully saturated rings. The molecule has 0 heterocycles. The van der Waals surface area contributed by atoms with Crippen LogP contribution in [0.25, 0.3) is 0 Å². The van der Waals surface area contributed by atoms with Gasteiger partial charge in [-0.1, -0.05) is 59.6 Å². The Morgan fingerprint density at radius 1 is 0.585 bits per heavy atom. The van der Waals surface area contributed by atoms with Crippen molar-refractivity contribution in [2.24, 2.45) is 0 Å². The summed E-state index contributed by atoms with van der Waals surface area (Å²) in [5.41, 5.74) is -1.39. The van der Waals surface area contributed by atoms with Crippen molar-refractivity contribution in [2.45, 2.75) is 13.1 Å². The molecular formula is C30H21Cl2NO8. The number of amides is 1. The summed E-state index contributed by atoms with van der Waals surface area (Å²) in [6.45, 7) is -0.0764. The number of rotatable bonds is 10. The van der Waals surface area contributed by atoms with E-state index < -0.39 is 46.1 Å². The van der Waals surface area contributed by atoms with Gasteiger partial charge in [-0.05, 0) is 59.7 Å². The number of hydrogen-bond donors (Lipinski definition) is 3. The molecule has 11 heteroatoms. The monoisotopic (exact) mass is 593 g/mol. The number of nitrogens with zero attached hydrogens (tertiary/aromatic N) is 1. The molecule has 0 unspecified atom stereocenters. The minimum Gasteiger partial charge on any atom is -0.478 e. The Morgan fingerprint density at radius 3 is 1.63 bits per heavy atom. The van der Waals surface area contributed by atoms with Gasteiger partial charge >= 0.3 is 17.9 Å². The molecule has 0 aliphatic rings. The number of ether oxygens (including phenoxy) is 1. The number of hydrogen-bond acceptors (Lipinski definition) is 5. The molecule has 3 N–H and O–H groups in total. The number of carbonyl (C=O) groups excluding carboxylic acids is 1. The maximum atomic E-state index is 13.8. The highest BCUT2D eigenvalue weighted by atomic mass is 35.5. The first-order valence-electron chi connectivity index (χ1n) is 12.0. The van der Waals surface area contributed by atoms with Gasteiger partial charge in [0.2, 0.25) is 0 Å². The van der Waals surface area contributed by atoms with Gasteiger partial charge in [-0.2, -0.15) is 0 Å². The summed E-state index contributed by atoms with van der Waals surface area (Å²) in [5.74, 6) is -4.52. The Hall–Kier alpha value is -4.86. The van der Waals surface area contributed by atoms with Gasteiger partial charge in [-0.25, -0.2) is 14.4 Å². The number of benzene rings is 4. The molecule has 41 heavy (non-hydrogen) atoms. The summed E-state index contributed by atoms with van der Waals surface area (Å²) in [5, 5.41) is 29.3. The zero-order chi connectivity index (χ0) is 29.7. The first-order chi connectivity index (χ1) is 19.5. The summed E-state index contributed by atoms with van der Waals surface area (Å²) in [6.07, 6.45) is 0. The van der Waals surface area contributed by atoms with Crippen LogP contribution in [-0.4, -0.2) is 44.0 Å². The van der Waals surface area contributed by atoms with Crippen molar-refractivity contribution in [1.29, 1.82) is 0 Å². The predicted molar refractivity (Wildman–Crippen MR) is 150 cm³/mol. The Bertz CT molecular complexity index is 1640. The molecule has 4 aromatic rings. The Balaban J connectivity index is 1.73. The number of para-hydroxylation sites is 1. The fourth-order valence-corrected chi connectivity index (χ4v) is 4.36. The van der Waals surface area contributed by atoms with Crippen molar-refractivity contribution < 1.29 is 39.2 Å². The third kappa shape index (κ3) is 7.02. The van der Waals surface area contributed by atoms with E-state index in [1.807, 2.05) is 18.2 Å². The van der Waals surface area contributed by atoms with E-state index in [-0.39, 0.29) is 18.1 Å². The van der Waals surface area contributed by atoms with E-state index in [1.165, 1.54) is 4.90 Å². The van der Waals surface area contributed by atoms with Crippen LogP contribution in [-0.2, 0) is 13.1 Å². The minimum absolute atomic E-state index is 0.0210. The van der Waals surface area contributed by atoms with Crippen molar-refractivity contribution in [3.05, 3.63) is 128 Å². The molecule has 0 radical (unpaired) electrons. The van der Waals surface area contributed by atoms with Crippen molar-refractivity contribution in [1.82, 2.24) is 4.90 Å². The van der Waals surface area contributed by atoms with Crippen LogP contribution >= 0.6 is 23.2 Å². The van der Waals surface area contributed by atoms with E-state index in [2.05, 4.69) is 0 Å². The van der Waals surface area contributed by atoms with Crippen molar-refractivity contribution in [3.63, 3.8) is 0 Å². The summed E-state index contributed by atoms with van der Waals surface area (Å²) in [6, 6.07) is 22.2. The molecule has 0 saturated heterocycles. The second kappa shape index (κ2) is 12.5. The molecule has 208 valence electrons. The summed E-state index contributed by atoms with van der Waals surface area (Å²) >= 11 is 12.2. The fraction of sp³-hybridized carbons (Fsp3) is 0.0667. The molecule has 0 aliphatic heterocycles. The van der Waals surface area contributed by atoms with Crippen LogP contribution < -0.4 is 4.74 Å². The van der Waals surface area contributed by atoms with E-state index in [1.54, 1.807) is 54.6 Å². The number of carbonyl (C=O) groups is 4. The highest BCUT2D eigenvalue weighted by molar-refractivity contribution is 6.42. The first-order valence-corrected chi connectivity index (χ1v) is 12.7. The number of carboxylic acids is 3. The van der Waals surface area contributed by atoms with Crippen molar-refractivity contribution in [2.75, 3.05) is 0 Å². The smallest absolute Gasteiger partial charge is 0.336 e. The van der Waals surface area contributed by atoms with E-state index in [0.29, 0.717) is 33.7 Å². The zero-order valence-electron chi connectivity index (χ0n) is 21.1. The normalized spacial score (nSPS) is 10.6. The molecule has 9 nitrogen and oxygen atoms in total. The van der Waals surface area contributed by atoms with Gasteiger partial charge in [-0.3, -0.25) is 4.79 Å². The molecule has 0 spiro atoms. The van der Waals surface area contributed by atoms with Gasteiger partial charge < -0.3 is 25.0 Å². The van der Waals surface area contributed by atoms with E-state index in [9.17, 15) is 34.5 Å². The highest BCUT2D eigenvalue weighted by Crippen LogP contribution is 2.27.